The summed E-state index contributed by atoms with van der Waals surface area (Å²) in [6.45, 7) is 0. The molecule has 10 aromatic rings. The fraction of sp³-hybridized carbons (Fsp3) is 0. The Morgan fingerprint density at radius 1 is 0.356 bits per heavy atom. The van der Waals surface area contributed by atoms with Crippen LogP contribution in [0.25, 0.3) is 88.1 Å². The summed E-state index contributed by atoms with van der Waals surface area (Å²) in [6, 6.07) is 56.5. The molecule has 0 bridgehead atoms. The maximum Gasteiger partial charge on any atom is 0.136 e. The van der Waals surface area contributed by atoms with E-state index >= 15 is 0 Å². The quantitative estimate of drug-likeness (QED) is 0.206. The monoisotopic (exact) mass is 574 g/mol. The molecule has 0 aliphatic rings. The molecule has 3 nitrogen and oxygen atoms in total. The Labute approximate surface area is 258 Å². The van der Waals surface area contributed by atoms with Crippen LogP contribution in [0.3, 0.4) is 0 Å². The third kappa shape index (κ3) is 3.46. The van der Waals surface area contributed by atoms with E-state index in [-0.39, 0.29) is 0 Å². The third-order valence-corrected chi connectivity index (χ3v) is 9.32. The average molecular weight is 575 g/mol. The number of hydrogen-bond acceptors (Lipinski definition) is 1. The molecule has 0 atom stereocenters. The van der Waals surface area contributed by atoms with Gasteiger partial charge in [-0.1, -0.05) is 103 Å². The van der Waals surface area contributed by atoms with Crippen LogP contribution in [-0.4, -0.2) is 9.13 Å². The zero-order valence-electron chi connectivity index (χ0n) is 24.3. The second kappa shape index (κ2) is 9.22. The van der Waals surface area contributed by atoms with Crippen LogP contribution in [0.5, 0.6) is 0 Å². The fourth-order valence-corrected chi connectivity index (χ4v) is 7.35. The fourth-order valence-electron chi connectivity index (χ4n) is 7.35. The largest absolute Gasteiger partial charge is 0.456 e. The summed E-state index contributed by atoms with van der Waals surface area (Å²) in [7, 11) is 0. The summed E-state index contributed by atoms with van der Waals surface area (Å²) in [5, 5.41) is 7.21. The van der Waals surface area contributed by atoms with Crippen LogP contribution in [0, 0.1) is 0 Å². The van der Waals surface area contributed by atoms with Gasteiger partial charge in [0.1, 0.15) is 11.2 Å². The van der Waals surface area contributed by atoms with Gasteiger partial charge in [0.2, 0.25) is 0 Å². The highest BCUT2D eigenvalue weighted by Gasteiger charge is 2.18. The highest BCUT2D eigenvalue weighted by Crippen LogP contribution is 2.40. The molecule has 0 saturated carbocycles. The Balaban J connectivity index is 1.20. The minimum Gasteiger partial charge on any atom is -0.456 e. The lowest BCUT2D eigenvalue weighted by Gasteiger charge is -2.13. The molecule has 10 rings (SSSR count). The first-order chi connectivity index (χ1) is 22.3. The molecule has 3 heterocycles. The van der Waals surface area contributed by atoms with Crippen LogP contribution in [0.4, 0.5) is 0 Å². The molecule has 0 unspecified atom stereocenters. The van der Waals surface area contributed by atoms with Gasteiger partial charge < -0.3 is 13.6 Å². The Morgan fingerprint density at radius 3 is 1.78 bits per heavy atom. The molecule has 7 aromatic carbocycles. The van der Waals surface area contributed by atoms with Crippen molar-refractivity contribution in [2.75, 3.05) is 0 Å². The lowest BCUT2D eigenvalue weighted by atomic mass is 10.0. The standard InChI is InChI=1S/C42H26N2O/c1-2-11-28(12-3-1)44-38-19-8-4-13-31(38)34-17-10-16-30(42(34)44)27-21-23-29(24-22-27)43-37-18-7-5-14-32(37)35-26-41-36(25-39(35)43)33-15-6-9-20-40(33)45-41/h1-26H. The average Bonchev–Trinajstić information content (AvgIpc) is 3.75. The molecule has 3 aromatic heterocycles. The second-order valence-corrected chi connectivity index (χ2v) is 11.8. The molecule has 0 N–H and O–H groups in total. The first-order valence-corrected chi connectivity index (χ1v) is 15.4. The van der Waals surface area contributed by atoms with E-state index in [1.54, 1.807) is 0 Å². The summed E-state index contributed by atoms with van der Waals surface area (Å²) in [5.74, 6) is 0. The topological polar surface area (TPSA) is 23.0 Å². The zero-order chi connectivity index (χ0) is 29.5. The van der Waals surface area contributed by atoms with E-state index in [4.69, 9.17) is 4.42 Å². The number of para-hydroxylation sites is 5. The van der Waals surface area contributed by atoms with Crippen molar-refractivity contribution in [3.8, 4) is 22.5 Å². The molecule has 45 heavy (non-hydrogen) atoms. The van der Waals surface area contributed by atoms with Gasteiger partial charge in [-0.05, 0) is 60.2 Å². The summed E-state index contributed by atoms with van der Waals surface area (Å²) < 4.78 is 11.1. The maximum absolute atomic E-state index is 6.28. The number of fused-ring (bicyclic) bond motifs is 9. The normalized spacial score (nSPS) is 12.0. The van der Waals surface area contributed by atoms with Crippen molar-refractivity contribution in [2.45, 2.75) is 0 Å². The number of rotatable bonds is 3. The van der Waals surface area contributed by atoms with Gasteiger partial charge >= 0.3 is 0 Å². The van der Waals surface area contributed by atoms with E-state index in [2.05, 4.69) is 155 Å². The molecule has 0 fully saturated rings. The molecule has 210 valence electrons. The van der Waals surface area contributed by atoms with Crippen molar-refractivity contribution in [3.05, 3.63) is 158 Å². The van der Waals surface area contributed by atoms with Crippen molar-refractivity contribution in [3.63, 3.8) is 0 Å². The molecular weight excluding hydrogens is 548 g/mol. The Hall–Kier alpha value is -6.06. The van der Waals surface area contributed by atoms with Gasteiger partial charge in [0.15, 0.2) is 0 Å². The summed E-state index contributed by atoms with van der Waals surface area (Å²) >= 11 is 0. The van der Waals surface area contributed by atoms with Crippen LogP contribution in [0.15, 0.2) is 162 Å². The molecule has 0 radical (unpaired) electrons. The van der Waals surface area contributed by atoms with E-state index < -0.39 is 0 Å². The van der Waals surface area contributed by atoms with E-state index in [9.17, 15) is 0 Å². The van der Waals surface area contributed by atoms with E-state index in [0.717, 1.165) is 33.3 Å². The lowest BCUT2D eigenvalue weighted by Crippen LogP contribution is -1.96. The van der Waals surface area contributed by atoms with E-state index in [0.29, 0.717) is 0 Å². The molecular formula is C42H26N2O. The predicted molar refractivity (Wildman–Crippen MR) is 188 cm³/mol. The van der Waals surface area contributed by atoms with E-state index in [1.807, 2.05) is 12.1 Å². The number of hydrogen-bond donors (Lipinski definition) is 0. The van der Waals surface area contributed by atoms with Crippen LogP contribution >= 0.6 is 0 Å². The van der Waals surface area contributed by atoms with Crippen molar-refractivity contribution >= 4 is 65.6 Å². The Morgan fingerprint density at radius 2 is 0.978 bits per heavy atom. The van der Waals surface area contributed by atoms with Crippen molar-refractivity contribution in [1.29, 1.82) is 0 Å². The molecule has 0 spiro atoms. The van der Waals surface area contributed by atoms with Gasteiger partial charge in [0.05, 0.1) is 22.1 Å². The number of benzene rings is 7. The highest BCUT2D eigenvalue weighted by molar-refractivity contribution is 6.17. The van der Waals surface area contributed by atoms with Gasteiger partial charge in [-0.2, -0.15) is 0 Å². The predicted octanol–water partition coefficient (Wildman–Crippen LogP) is 11.4. The summed E-state index contributed by atoms with van der Waals surface area (Å²) in [4.78, 5) is 0. The van der Waals surface area contributed by atoms with Crippen molar-refractivity contribution in [1.82, 2.24) is 9.13 Å². The minimum atomic E-state index is 0.919. The third-order valence-electron chi connectivity index (χ3n) is 9.32. The summed E-state index contributed by atoms with van der Waals surface area (Å²) in [6.07, 6.45) is 0. The van der Waals surface area contributed by atoms with Crippen LogP contribution in [0.2, 0.25) is 0 Å². The zero-order valence-corrected chi connectivity index (χ0v) is 24.3. The van der Waals surface area contributed by atoms with E-state index in [1.165, 1.54) is 54.7 Å². The molecule has 0 amide bonds. The van der Waals surface area contributed by atoms with Crippen molar-refractivity contribution < 1.29 is 4.42 Å². The smallest absolute Gasteiger partial charge is 0.136 e. The van der Waals surface area contributed by atoms with Crippen LogP contribution in [-0.2, 0) is 0 Å². The minimum absolute atomic E-state index is 0.919. The van der Waals surface area contributed by atoms with Gasteiger partial charge in [-0.15, -0.1) is 0 Å². The Bertz CT molecular complexity index is 2740. The Kier molecular flexibility index (Phi) is 5.00. The van der Waals surface area contributed by atoms with Gasteiger partial charge in [-0.3, -0.25) is 0 Å². The number of furan rings is 1. The SMILES string of the molecule is c1ccc(-n2c3ccccc3c3cccc(-c4ccc(-n5c6ccccc6c6cc7oc8ccccc8c7cc65)cc4)c32)cc1. The van der Waals surface area contributed by atoms with Crippen molar-refractivity contribution in [2.24, 2.45) is 0 Å². The molecule has 0 aliphatic heterocycles. The molecule has 0 aliphatic carbocycles. The second-order valence-electron chi connectivity index (χ2n) is 11.8. The van der Waals surface area contributed by atoms with Gasteiger partial charge in [0.25, 0.3) is 0 Å². The van der Waals surface area contributed by atoms with Gasteiger partial charge in [-0.25, -0.2) is 0 Å². The first kappa shape index (κ1) is 24.4. The highest BCUT2D eigenvalue weighted by atomic mass is 16.3. The summed E-state index contributed by atoms with van der Waals surface area (Å²) in [5.41, 5.74) is 11.3. The molecule has 3 heteroatoms. The van der Waals surface area contributed by atoms with Gasteiger partial charge in [0, 0.05) is 49.3 Å². The molecule has 0 saturated heterocycles. The van der Waals surface area contributed by atoms with Crippen LogP contribution in [0.1, 0.15) is 0 Å². The van der Waals surface area contributed by atoms with Crippen LogP contribution < -0.4 is 0 Å². The lowest BCUT2D eigenvalue weighted by molar-refractivity contribution is 0.669. The number of aromatic nitrogens is 2. The number of nitrogens with zero attached hydrogens (tertiary/aromatic N) is 2. The first-order valence-electron chi connectivity index (χ1n) is 15.4. The maximum atomic E-state index is 6.28.